The van der Waals surface area contributed by atoms with Gasteiger partial charge in [0.15, 0.2) is 0 Å². The third-order valence-corrected chi connectivity index (χ3v) is 2.86. The van der Waals surface area contributed by atoms with Gasteiger partial charge in [-0.05, 0) is 44.1 Å². The lowest BCUT2D eigenvalue weighted by atomic mass is 10.0. The molecule has 0 aromatic heterocycles. The van der Waals surface area contributed by atoms with Crippen molar-refractivity contribution < 1.29 is 8.78 Å². The zero-order valence-corrected chi connectivity index (χ0v) is 12.2. The molecule has 1 atom stereocenters. The Morgan fingerprint density at radius 2 is 1.68 bits per heavy atom. The molecule has 0 saturated carbocycles. The van der Waals surface area contributed by atoms with E-state index < -0.39 is 11.6 Å². The highest BCUT2D eigenvalue weighted by molar-refractivity contribution is 5.17. The van der Waals surface area contributed by atoms with Gasteiger partial charge in [0.05, 0.1) is 0 Å². The van der Waals surface area contributed by atoms with E-state index in [1.165, 1.54) is 12.1 Å². The predicted octanol–water partition coefficient (Wildman–Crippen LogP) is 3.03. The Labute approximate surface area is 114 Å². The van der Waals surface area contributed by atoms with Crippen LogP contribution in [0.3, 0.4) is 0 Å². The Bertz CT molecular complexity index is 361. The van der Waals surface area contributed by atoms with Gasteiger partial charge in [0.25, 0.3) is 0 Å². The van der Waals surface area contributed by atoms with E-state index in [2.05, 4.69) is 24.1 Å². The quantitative estimate of drug-likeness (QED) is 0.819. The summed E-state index contributed by atoms with van der Waals surface area (Å²) in [6.45, 7) is 5.74. The van der Waals surface area contributed by atoms with Gasteiger partial charge >= 0.3 is 0 Å². The molecule has 19 heavy (non-hydrogen) atoms. The molecule has 4 heteroatoms. The van der Waals surface area contributed by atoms with Crippen LogP contribution in [0.15, 0.2) is 18.2 Å². The highest BCUT2D eigenvalue weighted by atomic mass is 19.1. The second-order valence-electron chi connectivity index (χ2n) is 5.75. The first-order valence-corrected chi connectivity index (χ1v) is 6.70. The van der Waals surface area contributed by atoms with E-state index in [1.54, 1.807) is 0 Å². The summed E-state index contributed by atoms with van der Waals surface area (Å²) in [6.07, 6.45) is 1.04. The molecule has 0 fully saturated rings. The van der Waals surface area contributed by atoms with Crippen LogP contribution in [-0.2, 0) is 6.54 Å². The number of halogens is 2. The lowest BCUT2D eigenvalue weighted by Crippen LogP contribution is -2.38. The van der Waals surface area contributed by atoms with Crippen molar-refractivity contribution in [1.29, 1.82) is 0 Å². The molecule has 0 aliphatic carbocycles. The lowest BCUT2D eigenvalue weighted by molar-refractivity contribution is 0.305. The zero-order valence-electron chi connectivity index (χ0n) is 12.2. The van der Waals surface area contributed by atoms with Crippen LogP contribution in [0, 0.1) is 17.6 Å². The van der Waals surface area contributed by atoms with Gasteiger partial charge in [-0.15, -0.1) is 0 Å². The molecule has 0 aliphatic heterocycles. The minimum absolute atomic E-state index is 0.321. The standard InChI is InChI=1S/C15H24F2N2/c1-11(2)5-15(10-19(3)4)18-9-12-6-13(16)8-14(17)7-12/h6-8,11,15,18H,5,9-10H2,1-4H3. The highest BCUT2D eigenvalue weighted by Crippen LogP contribution is 2.10. The van der Waals surface area contributed by atoms with Crippen molar-refractivity contribution in [3.63, 3.8) is 0 Å². The molecular weight excluding hydrogens is 246 g/mol. The molecule has 1 aromatic carbocycles. The van der Waals surface area contributed by atoms with Gasteiger partial charge in [0.1, 0.15) is 11.6 Å². The third kappa shape index (κ3) is 6.64. The minimum Gasteiger partial charge on any atom is -0.309 e. The summed E-state index contributed by atoms with van der Waals surface area (Å²) in [5.41, 5.74) is 0.644. The number of nitrogens with zero attached hydrogens (tertiary/aromatic N) is 1. The number of likely N-dealkylation sites (N-methyl/N-ethyl adjacent to an activating group) is 1. The maximum Gasteiger partial charge on any atom is 0.126 e. The fraction of sp³-hybridized carbons (Fsp3) is 0.600. The van der Waals surface area contributed by atoms with Crippen LogP contribution in [0.25, 0.3) is 0 Å². The van der Waals surface area contributed by atoms with E-state index >= 15 is 0 Å². The van der Waals surface area contributed by atoms with Crippen molar-refractivity contribution in [3.05, 3.63) is 35.4 Å². The van der Waals surface area contributed by atoms with Crippen LogP contribution in [0.5, 0.6) is 0 Å². The van der Waals surface area contributed by atoms with Crippen molar-refractivity contribution in [2.24, 2.45) is 5.92 Å². The maximum atomic E-state index is 13.1. The Balaban J connectivity index is 2.59. The van der Waals surface area contributed by atoms with Gasteiger partial charge < -0.3 is 10.2 Å². The summed E-state index contributed by atoms with van der Waals surface area (Å²) < 4.78 is 26.2. The molecule has 0 amide bonds. The van der Waals surface area contributed by atoms with Gasteiger partial charge in [-0.1, -0.05) is 13.8 Å². The monoisotopic (exact) mass is 270 g/mol. The normalized spacial score (nSPS) is 13.3. The van der Waals surface area contributed by atoms with E-state index in [0.717, 1.165) is 19.0 Å². The number of rotatable bonds is 7. The van der Waals surface area contributed by atoms with Crippen molar-refractivity contribution in [2.75, 3.05) is 20.6 Å². The molecular formula is C15H24F2N2. The van der Waals surface area contributed by atoms with Crippen LogP contribution in [-0.4, -0.2) is 31.6 Å². The molecule has 0 spiro atoms. The molecule has 0 aliphatic rings. The predicted molar refractivity (Wildman–Crippen MR) is 75.0 cm³/mol. The largest absolute Gasteiger partial charge is 0.309 e. The summed E-state index contributed by atoms with van der Waals surface area (Å²) >= 11 is 0. The highest BCUT2D eigenvalue weighted by Gasteiger charge is 2.12. The molecule has 0 bridgehead atoms. The molecule has 2 nitrogen and oxygen atoms in total. The van der Waals surface area contributed by atoms with Crippen molar-refractivity contribution in [2.45, 2.75) is 32.9 Å². The third-order valence-electron chi connectivity index (χ3n) is 2.86. The van der Waals surface area contributed by atoms with Crippen LogP contribution in [0.1, 0.15) is 25.8 Å². The molecule has 0 heterocycles. The van der Waals surface area contributed by atoms with Crippen molar-refractivity contribution >= 4 is 0 Å². The van der Waals surface area contributed by atoms with Crippen LogP contribution in [0.4, 0.5) is 8.78 Å². The summed E-state index contributed by atoms with van der Waals surface area (Å²) in [5, 5.41) is 3.38. The second kappa shape index (κ2) is 7.56. The summed E-state index contributed by atoms with van der Waals surface area (Å²) in [6, 6.07) is 3.96. The maximum absolute atomic E-state index is 13.1. The van der Waals surface area contributed by atoms with E-state index in [4.69, 9.17) is 0 Å². The first kappa shape index (κ1) is 16.1. The van der Waals surface area contributed by atoms with Gasteiger partial charge in [-0.25, -0.2) is 8.78 Å². The molecule has 1 rings (SSSR count). The molecule has 108 valence electrons. The average Bonchev–Trinajstić information content (AvgIpc) is 2.23. The Hall–Kier alpha value is -1.00. The van der Waals surface area contributed by atoms with Crippen molar-refractivity contribution in [1.82, 2.24) is 10.2 Å². The second-order valence-corrected chi connectivity index (χ2v) is 5.75. The van der Waals surface area contributed by atoms with E-state index in [9.17, 15) is 8.78 Å². The minimum atomic E-state index is -0.523. The summed E-state index contributed by atoms with van der Waals surface area (Å²) in [4.78, 5) is 2.12. The Morgan fingerprint density at radius 3 is 2.16 bits per heavy atom. The van der Waals surface area contributed by atoms with E-state index in [-0.39, 0.29) is 0 Å². The molecule has 0 saturated heterocycles. The fourth-order valence-electron chi connectivity index (χ4n) is 2.21. The van der Waals surface area contributed by atoms with Gasteiger partial charge in [-0.3, -0.25) is 0 Å². The van der Waals surface area contributed by atoms with E-state index in [0.29, 0.717) is 24.1 Å². The number of benzene rings is 1. The number of hydrogen-bond acceptors (Lipinski definition) is 2. The first-order chi connectivity index (χ1) is 8.86. The average molecular weight is 270 g/mol. The molecule has 1 aromatic rings. The van der Waals surface area contributed by atoms with Crippen LogP contribution < -0.4 is 5.32 Å². The Kier molecular flexibility index (Phi) is 6.38. The van der Waals surface area contributed by atoms with E-state index in [1.807, 2.05) is 14.1 Å². The molecule has 1 unspecified atom stereocenters. The van der Waals surface area contributed by atoms with Gasteiger partial charge in [0, 0.05) is 25.2 Å². The lowest BCUT2D eigenvalue weighted by Gasteiger charge is -2.24. The summed E-state index contributed by atoms with van der Waals surface area (Å²) in [5.74, 6) is -0.462. The first-order valence-electron chi connectivity index (χ1n) is 6.70. The summed E-state index contributed by atoms with van der Waals surface area (Å²) in [7, 11) is 4.05. The zero-order chi connectivity index (χ0) is 14.4. The van der Waals surface area contributed by atoms with Gasteiger partial charge in [-0.2, -0.15) is 0 Å². The van der Waals surface area contributed by atoms with Crippen LogP contribution in [0.2, 0.25) is 0 Å². The van der Waals surface area contributed by atoms with Crippen LogP contribution >= 0.6 is 0 Å². The van der Waals surface area contributed by atoms with Gasteiger partial charge in [0.2, 0.25) is 0 Å². The number of nitrogens with one attached hydrogen (secondary N) is 1. The Morgan fingerprint density at radius 1 is 1.11 bits per heavy atom. The topological polar surface area (TPSA) is 15.3 Å². The molecule has 0 radical (unpaired) electrons. The fourth-order valence-corrected chi connectivity index (χ4v) is 2.21. The smallest absolute Gasteiger partial charge is 0.126 e. The number of hydrogen-bond donors (Lipinski definition) is 1. The molecule has 1 N–H and O–H groups in total. The SMILES string of the molecule is CC(C)CC(CN(C)C)NCc1cc(F)cc(F)c1. The van der Waals surface area contributed by atoms with Crippen molar-refractivity contribution in [3.8, 4) is 0 Å².